The number of rotatable bonds is 4. The number of benzene rings is 5. The number of fused-ring (bicyclic) bond motifs is 3. The van der Waals surface area contributed by atoms with E-state index in [0.29, 0.717) is 0 Å². The Balaban J connectivity index is 1.59. The van der Waals surface area contributed by atoms with Gasteiger partial charge in [-0.1, -0.05) is 120 Å². The van der Waals surface area contributed by atoms with Crippen molar-refractivity contribution in [3.63, 3.8) is 0 Å². The summed E-state index contributed by atoms with van der Waals surface area (Å²) in [7, 11) is -1.11. The fourth-order valence-electron chi connectivity index (χ4n) is 4.71. The predicted octanol–water partition coefficient (Wildman–Crippen LogP) is 5.30. The Labute approximate surface area is 189 Å². The second kappa shape index (κ2) is 7.99. The van der Waals surface area contributed by atoms with Crippen molar-refractivity contribution in [2.75, 3.05) is 0 Å². The molecule has 0 unspecified atom stereocenters. The minimum atomic E-state index is -1.11. The lowest BCUT2D eigenvalue weighted by Gasteiger charge is -2.18. The summed E-state index contributed by atoms with van der Waals surface area (Å²) in [4.78, 5) is 0. The third kappa shape index (κ3) is 3.17. The van der Waals surface area contributed by atoms with Crippen molar-refractivity contribution in [2.45, 2.75) is 0 Å². The first-order valence-electron chi connectivity index (χ1n) is 11.0. The molecule has 1 heterocycles. The van der Waals surface area contributed by atoms with Crippen LogP contribution in [0.25, 0.3) is 27.5 Å². The van der Waals surface area contributed by atoms with E-state index in [1.54, 1.807) is 0 Å². The van der Waals surface area contributed by atoms with E-state index in [0.717, 1.165) is 0 Å². The molecule has 0 saturated heterocycles. The molecule has 0 spiro atoms. The smallest absolute Gasteiger partial charge is 0.154 e. The lowest BCUT2D eigenvalue weighted by molar-refractivity contribution is 1.18. The quantitative estimate of drug-likeness (QED) is 0.267. The van der Waals surface area contributed by atoms with Crippen LogP contribution in [0.3, 0.4) is 0 Å². The molecule has 1 radical (unpaired) electrons. The number of para-hydroxylation sites is 2. The third-order valence-corrected chi connectivity index (χ3v) is 8.81. The predicted molar refractivity (Wildman–Crippen MR) is 138 cm³/mol. The topological polar surface area (TPSA) is 4.93 Å². The van der Waals surface area contributed by atoms with Gasteiger partial charge in [-0.15, -0.1) is 0 Å². The van der Waals surface area contributed by atoms with Crippen molar-refractivity contribution in [3.8, 4) is 5.69 Å². The molecule has 0 fully saturated rings. The highest BCUT2D eigenvalue weighted by atomic mass is 28.3. The van der Waals surface area contributed by atoms with Crippen LogP contribution in [0.5, 0.6) is 0 Å². The molecule has 2 heteroatoms. The number of hydrogen-bond acceptors (Lipinski definition) is 0. The highest BCUT2D eigenvalue weighted by Crippen LogP contribution is 2.31. The van der Waals surface area contributed by atoms with Gasteiger partial charge in [0.25, 0.3) is 0 Å². The van der Waals surface area contributed by atoms with E-state index in [1.165, 1.54) is 43.1 Å². The lowest BCUT2D eigenvalue weighted by Crippen LogP contribution is -2.51. The summed E-state index contributed by atoms with van der Waals surface area (Å²) >= 11 is 0. The summed E-state index contributed by atoms with van der Waals surface area (Å²) in [5, 5.41) is 6.80. The summed E-state index contributed by atoms with van der Waals surface area (Å²) in [6.45, 7) is 0. The molecule has 1 nitrogen and oxygen atoms in total. The van der Waals surface area contributed by atoms with Gasteiger partial charge in [0, 0.05) is 16.5 Å². The van der Waals surface area contributed by atoms with Gasteiger partial charge in [-0.05, 0) is 29.5 Å². The molecule has 0 aliphatic heterocycles. The molecule has 0 atom stereocenters. The first kappa shape index (κ1) is 18.9. The number of nitrogens with zero attached hydrogens (tertiary/aromatic N) is 1. The van der Waals surface area contributed by atoms with Crippen molar-refractivity contribution >= 4 is 46.2 Å². The van der Waals surface area contributed by atoms with Gasteiger partial charge in [-0.2, -0.15) is 0 Å². The van der Waals surface area contributed by atoms with Crippen LogP contribution in [0.4, 0.5) is 0 Å². The minimum absolute atomic E-state index is 1.11. The van der Waals surface area contributed by atoms with Gasteiger partial charge in [0.15, 0.2) is 8.80 Å². The van der Waals surface area contributed by atoms with Crippen molar-refractivity contribution in [2.24, 2.45) is 0 Å². The molecule has 0 aliphatic rings. The van der Waals surface area contributed by atoms with E-state index in [1.807, 2.05) is 0 Å². The first-order chi connectivity index (χ1) is 15.9. The normalized spacial score (nSPS) is 11.4. The molecular formula is C30H22NSi. The molecule has 151 valence electrons. The average Bonchev–Trinajstić information content (AvgIpc) is 3.20. The SMILES string of the molecule is c1ccc([Si](c2ccccc2)c2cccc(-n3c4ccccc4c4ccccc43)c2)cc1. The molecule has 1 aromatic heterocycles. The van der Waals surface area contributed by atoms with Crippen molar-refractivity contribution in [1.29, 1.82) is 0 Å². The summed E-state index contributed by atoms with van der Waals surface area (Å²) in [5.41, 5.74) is 3.72. The minimum Gasteiger partial charge on any atom is -0.309 e. The number of aromatic nitrogens is 1. The molecule has 0 bridgehead atoms. The molecule has 6 aromatic rings. The molecule has 0 saturated carbocycles. The van der Waals surface area contributed by atoms with Crippen LogP contribution in [0, 0.1) is 0 Å². The highest BCUT2D eigenvalue weighted by Gasteiger charge is 2.20. The molecule has 0 amide bonds. The largest absolute Gasteiger partial charge is 0.309 e. The van der Waals surface area contributed by atoms with Crippen LogP contribution < -0.4 is 15.6 Å². The Bertz CT molecular complexity index is 1420. The molecule has 0 N–H and O–H groups in total. The summed E-state index contributed by atoms with van der Waals surface area (Å²) in [5.74, 6) is 0. The van der Waals surface area contributed by atoms with Crippen molar-refractivity contribution < 1.29 is 0 Å². The fourth-order valence-corrected chi connectivity index (χ4v) is 7.32. The summed E-state index contributed by atoms with van der Waals surface area (Å²) < 4.78 is 2.41. The Kier molecular flexibility index (Phi) is 4.71. The molecular weight excluding hydrogens is 402 g/mol. The van der Waals surface area contributed by atoms with Gasteiger partial charge in [-0.3, -0.25) is 0 Å². The second-order valence-electron chi connectivity index (χ2n) is 8.03. The monoisotopic (exact) mass is 424 g/mol. The Morgan fingerprint density at radius 1 is 0.406 bits per heavy atom. The van der Waals surface area contributed by atoms with Gasteiger partial charge in [0.2, 0.25) is 0 Å². The second-order valence-corrected chi connectivity index (χ2v) is 10.5. The maximum Gasteiger partial charge on any atom is 0.154 e. The Morgan fingerprint density at radius 2 is 0.875 bits per heavy atom. The van der Waals surface area contributed by atoms with E-state index in [9.17, 15) is 0 Å². The van der Waals surface area contributed by atoms with E-state index >= 15 is 0 Å². The maximum atomic E-state index is 2.41. The van der Waals surface area contributed by atoms with Gasteiger partial charge < -0.3 is 4.57 Å². The van der Waals surface area contributed by atoms with E-state index in [-0.39, 0.29) is 0 Å². The number of hydrogen-bond donors (Lipinski definition) is 0. The standard InChI is InChI=1S/C30H22NSi/c1-3-13-24(14-4-1)32(25-15-5-2-6-16-25)26-17-11-12-23(22-26)31-29-20-9-7-18-27(29)28-19-8-10-21-30(28)31/h1-22H. The Morgan fingerprint density at radius 3 is 1.44 bits per heavy atom. The van der Waals surface area contributed by atoms with E-state index in [4.69, 9.17) is 0 Å². The highest BCUT2D eigenvalue weighted by molar-refractivity contribution is 6.95. The van der Waals surface area contributed by atoms with Crippen LogP contribution in [0.15, 0.2) is 133 Å². The zero-order valence-electron chi connectivity index (χ0n) is 17.6. The first-order valence-corrected chi connectivity index (χ1v) is 12.5. The Hall–Kier alpha value is -3.88. The maximum absolute atomic E-state index is 2.41. The summed E-state index contributed by atoms with van der Waals surface area (Å²) in [6, 6.07) is 48.4. The van der Waals surface area contributed by atoms with Gasteiger partial charge in [-0.25, -0.2) is 0 Å². The van der Waals surface area contributed by atoms with Gasteiger partial charge in [0.05, 0.1) is 11.0 Å². The van der Waals surface area contributed by atoms with E-state index in [2.05, 4.69) is 138 Å². The van der Waals surface area contributed by atoms with Crippen LogP contribution in [0.2, 0.25) is 0 Å². The van der Waals surface area contributed by atoms with E-state index < -0.39 is 8.80 Å². The molecule has 0 aliphatic carbocycles. The molecule has 5 aromatic carbocycles. The zero-order valence-corrected chi connectivity index (χ0v) is 18.6. The zero-order chi connectivity index (χ0) is 21.3. The fraction of sp³-hybridized carbons (Fsp3) is 0. The van der Waals surface area contributed by atoms with Crippen LogP contribution in [-0.4, -0.2) is 13.4 Å². The van der Waals surface area contributed by atoms with Gasteiger partial charge in [0.1, 0.15) is 0 Å². The summed E-state index contributed by atoms with van der Waals surface area (Å²) in [6.07, 6.45) is 0. The van der Waals surface area contributed by atoms with Crippen LogP contribution in [-0.2, 0) is 0 Å². The molecule has 6 rings (SSSR count). The third-order valence-electron chi connectivity index (χ3n) is 6.10. The van der Waals surface area contributed by atoms with Gasteiger partial charge >= 0.3 is 0 Å². The lowest BCUT2D eigenvalue weighted by atomic mass is 10.2. The molecule has 32 heavy (non-hydrogen) atoms. The average molecular weight is 425 g/mol. The van der Waals surface area contributed by atoms with Crippen molar-refractivity contribution in [3.05, 3.63) is 133 Å². The van der Waals surface area contributed by atoms with Crippen LogP contribution in [0.1, 0.15) is 0 Å². The van der Waals surface area contributed by atoms with Crippen LogP contribution >= 0.6 is 0 Å². The van der Waals surface area contributed by atoms with Crippen molar-refractivity contribution in [1.82, 2.24) is 4.57 Å².